The minimum Gasteiger partial charge on any atom is -0.780 e. The predicted molar refractivity (Wildman–Crippen MR) is 451 cm³/mol. The molecule has 0 aromatic heterocycles. The average Bonchev–Trinajstić information content (AvgIpc) is 1.61. The van der Waals surface area contributed by atoms with Crippen molar-refractivity contribution in [2.24, 2.45) is 47.3 Å². The Hall–Kier alpha value is 1.40. The molecule has 54 heteroatoms. The molecule has 0 spiro atoms. The SMILES string of the molecule is CNP(=O)([O-])OC1CO[C@@H](C)C1C.CNP(C)(=O)OC[C@H]1O[C@@H](C)[C@@H](O)[C@@H]1C.COP(=O)(OC)OC[C@H]1O[C@@H](C)[C@@H](O)[C@@H]1C.COP(=O)([O-])OC[C@@]12CNCO[C@H]([C@H](C)O1)[C@@H]2C.COP(=O)([Se-])OC[C@H]1O[C@@H](C)[C@@H](O)[C@@H]1C.COP(C)(=O)OC[C@H]1O[C@@H](C)[C@@H](O)[C@@H]1C.COP([O-])(=S)OC[C@H]1O[C@@H](C)[C@@H](O)[C@@H]1C.[BH3-]P(=O)(OC)OC[C@H]1O[C@@H](C)[C@@H](O)[C@@H]1C. The first kappa shape index (κ1) is 119. The van der Waals surface area contributed by atoms with E-state index in [1.54, 1.807) is 27.8 Å². The van der Waals surface area contributed by atoms with Crippen molar-refractivity contribution in [3.8, 4) is 0 Å². The molecule has 0 aromatic carbocycles. The van der Waals surface area contributed by atoms with Crippen molar-refractivity contribution >= 4 is 93.9 Å². The third kappa shape index (κ3) is 39.0. The van der Waals surface area contributed by atoms with Gasteiger partial charge >= 0.3 is 113 Å². The normalized spacial score (nSPS) is 40.0. The van der Waals surface area contributed by atoms with Crippen LogP contribution in [0.25, 0.3) is 0 Å². The van der Waals surface area contributed by atoms with Gasteiger partial charge in [0.15, 0.2) is 0 Å². The molecule has 38 atom stereocenters. The van der Waals surface area contributed by atoms with Crippen LogP contribution in [-0.4, -0.2) is 337 Å². The molecule has 9 rings (SSSR count). The average molecular weight is 2010 g/mol. The molecule has 9 unspecified atom stereocenters. The molecule has 730 valence electrons. The van der Waals surface area contributed by atoms with E-state index in [0.29, 0.717) is 19.9 Å². The topological polar surface area (TPSA) is 568 Å². The molecule has 9 saturated heterocycles. The van der Waals surface area contributed by atoms with Crippen molar-refractivity contribution in [3.05, 3.63) is 0 Å². The van der Waals surface area contributed by atoms with Crippen LogP contribution in [0.1, 0.15) is 111 Å². The number of phosphoric ester groups is 2. The van der Waals surface area contributed by atoms with Gasteiger partial charge in [-0.25, -0.2) is 9.65 Å². The van der Waals surface area contributed by atoms with Gasteiger partial charge in [-0.05, 0) is 62.6 Å². The summed E-state index contributed by atoms with van der Waals surface area (Å²) in [5, 5.41) is 65.7. The van der Waals surface area contributed by atoms with Gasteiger partial charge in [-0.15, -0.1) is 0 Å². The fourth-order valence-electron chi connectivity index (χ4n) is 13.2. The Labute approximate surface area is 734 Å². The number of aliphatic hydroxyl groups excluding tert-OH is 6. The Kier molecular flexibility index (Phi) is 53.1. The van der Waals surface area contributed by atoms with Crippen LogP contribution in [0.15, 0.2) is 0 Å². The Morgan fingerprint density at radius 3 is 1.13 bits per heavy atom. The van der Waals surface area contributed by atoms with E-state index in [4.69, 9.17) is 87.9 Å². The fraction of sp³-hybridized carbons (Fsp3) is 1.00. The van der Waals surface area contributed by atoms with Gasteiger partial charge in [-0.3, -0.25) is 42.2 Å². The summed E-state index contributed by atoms with van der Waals surface area (Å²) in [7, 11) is -8.61. The number of hydrogen-bond donors (Lipinski definition) is 9. The van der Waals surface area contributed by atoms with E-state index in [-0.39, 0.29) is 191 Å². The molecule has 9 heterocycles. The van der Waals surface area contributed by atoms with Gasteiger partial charge < -0.3 is 128 Å². The van der Waals surface area contributed by atoms with Gasteiger partial charge in [0.05, 0.1) is 177 Å². The summed E-state index contributed by atoms with van der Waals surface area (Å²) in [6.45, 7) is 31.6. The van der Waals surface area contributed by atoms with Crippen molar-refractivity contribution in [1.82, 2.24) is 15.5 Å². The number of aliphatic hydroxyl groups is 6. The molecule has 9 fully saturated rings. The second kappa shape index (κ2) is 54.2. The summed E-state index contributed by atoms with van der Waals surface area (Å²) in [4.78, 5) is 33.6. The monoisotopic (exact) mass is 2010 g/mol. The molecular weight excluding hydrogens is 1870 g/mol. The van der Waals surface area contributed by atoms with Gasteiger partial charge in [0.25, 0.3) is 15.3 Å². The first-order valence-corrected chi connectivity index (χ1v) is 55.3. The second-order valence-electron chi connectivity index (χ2n) is 30.7. The summed E-state index contributed by atoms with van der Waals surface area (Å²) in [6, 6.07) is 0. The van der Waals surface area contributed by atoms with E-state index in [9.17, 15) is 77.3 Å². The molecule has 0 amide bonds. The van der Waals surface area contributed by atoms with Gasteiger partial charge in [0, 0.05) is 104 Å². The van der Waals surface area contributed by atoms with E-state index in [1.807, 2.05) is 90.0 Å². The van der Waals surface area contributed by atoms with Crippen molar-refractivity contribution in [2.75, 3.05) is 143 Å². The molecule has 0 aromatic rings. The van der Waals surface area contributed by atoms with Gasteiger partial charge in [-0.1, -0.05) is 60.3 Å². The summed E-state index contributed by atoms with van der Waals surface area (Å²) >= 11 is 6.93. The molecule has 122 heavy (non-hydrogen) atoms. The molecule has 0 aliphatic carbocycles. The van der Waals surface area contributed by atoms with E-state index < -0.39 is 109 Å². The van der Waals surface area contributed by atoms with E-state index in [1.165, 1.54) is 63.0 Å². The van der Waals surface area contributed by atoms with Crippen LogP contribution in [0.5, 0.6) is 0 Å². The Morgan fingerprint density at radius 2 is 0.820 bits per heavy atom. The smallest absolute Gasteiger partial charge is 0.327 e. The first-order chi connectivity index (χ1) is 56.1. The van der Waals surface area contributed by atoms with Crippen molar-refractivity contribution in [1.29, 1.82) is 0 Å². The number of nitrogens with one attached hydrogen (secondary N) is 3. The number of phosphoric acid groups is 2. The first-order valence-electron chi connectivity index (χ1n) is 39.4. The maximum atomic E-state index is 11.6. The van der Waals surface area contributed by atoms with Crippen molar-refractivity contribution in [3.63, 3.8) is 0 Å². The molecule has 0 radical (unpaired) electrons. The molecule has 9 aliphatic heterocycles. The maximum Gasteiger partial charge on any atom is 0.327 e. The third-order valence-corrected chi connectivity index (χ3v) is 33.3. The Morgan fingerprint density at radius 1 is 0.451 bits per heavy atom. The minimum absolute atomic E-state index is 0.0110. The van der Waals surface area contributed by atoms with E-state index >= 15 is 0 Å². The van der Waals surface area contributed by atoms with E-state index in [0.717, 1.165) is 7.11 Å². The Bertz CT molecular complexity index is 3130. The van der Waals surface area contributed by atoms with E-state index in [2.05, 4.69) is 65.5 Å². The fourth-order valence-corrected chi connectivity index (χ4v) is 18.0. The van der Waals surface area contributed by atoms with Gasteiger partial charge in [0.1, 0.15) is 19.8 Å². The summed E-state index contributed by atoms with van der Waals surface area (Å²) < 4.78 is 202. The largest absolute Gasteiger partial charge is 0.780 e. The predicted octanol–water partition coefficient (Wildman–Crippen LogP) is 3.88. The van der Waals surface area contributed by atoms with Gasteiger partial charge in [-0.2, -0.15) is 0 Å². The zero-order valence-corrected chi connectivity index (χ0v) is 84.0. The standard InChI is InChI=1S/C10H20NO6P.C9H20NO4P.C9H19O6P.C9H19O5P.C8H19BO5P.C8H17O5PS.C8H17O5PSe.C7H16NO4P/c1-7-9-8(2)17-10(7,4-11-6-15-9)5-16-18(12,13)14-3;1-6-8(14-7(2)9(6)11)5-13-15(4,12)10-3;1-6-8(15-7(2)9(6)10)5-14-16(11,12-3)13-4;1-6-8(14-7(2)9(6)10)5-13-15(4,11)12-3;1-5-7(14-6(2)8(5)10)4-13-15(9,11)12-3;2*1-5-7(13-6(2)8(5)9)4-12-14(10,15)11-3;1-5-6(2)11-4-7(5)12-13(9,10)8-3/h7-9,11H,4-6H2,1-3H3,(H,12,13);6-9,11H,5H2,1-4H3,(H,10,12);6-10H,5H2,1-4H3;6-10H,5H2,1-4H3;5-8,10H,4H2,1-3,9H3;2*5-9H,4H2,1-3H3,(H,10,15);5-7H,4H2,1-3H3,(H2,8,9,10)/q;;;;-1;;;/p-4/t7-,8-,9-,10+;6-,7+,8-,9+,15?;6-,7+,8-,9+;6-,7+,8-,9+,15?;5-,6+,7-,8+,15?;2*5-,6+,7-,8+,14?;5?,6-,7?/m01111110/s1. The molecule has 0 saturated carbocycles. The van der Waals surface area contributed by atoms with Crippen LogP contribution < -0.4 is 30.2 Å². The van der Waals surface area contributed by atoms with Crippen LogP contribution in [-0.2, 0) is 154 Å². The minimum atomic E-state index is -4.24. The Balaban J connectivity index is 0.000000473. The summed E-state index contributed by atoms with van der Waals surface area (Å²) in [6.07, 6.45) is -9.18. The zero-order chi connectivity index (χ0) is 94.0. The van der Waals surface area contributed by atoms with Crippen LogP contribution in [0.2, 0.25) is 0 Å². The van der Waals surface area contributed by atoms with Gasteiger partial charge in [0.2, 0.25) is 7.75 Å². The van der Waals surface area contributed by atoms with Crippen molar-refractivity contribution < 1.29 is 188 Å². The quantitative estimate of drug-likeness (QED) is 0.0341. The molecular formula is C68H143BN3O40P8SSe-5. The molecule has 2 bridgehead atoms. The third-order valence-electron chi connectivity index (χ3n) is 22.3. The number of ether oxygens (including phenoxy) is 9. The van der Waals surface area contributed by atoms with Crippen molar-refractivity contribution in [2.45, 2.75) is 251 Å². The molecule has 9 aliphatic rings. The maximum absolute atomic E-state index is 11.6. The molecule has 9 N–H and O–H groups in total. The van der Waals surface area contributed by atoms with Crippen LogP contribution >= 0.6 is 59.0 Å². The number of fused-ring (bicyclic) bond motifs is 2. The number of rotatable bonds is 32. The zero-order valence-electron chi connectivity index (χ0n) is 74.3. The summed E-state index contributed by atoms with van der Waals surface area (Å²) in [5.41, 5.74) is -0.695. The van der Waals surface area contributed by atoms with Crippen LogP contribution in [0, 0.1) is 47.3 Å². The van der Waals surface area contributed by atoms with Crippen LogP contribution in [0.3, 0.4) is 0 Å². The second-order valence-corrected chi connectivity index (χ2v) is 48.6. The summed E-state index contributed by atoms with van der Waals surface area (Å²) in [5.74, 6) is -0.0126. The molecule has 43 nitrogen and oxygen atoms in total. The number of hydrogen-bond acceptors (Lipinski definition) is 42. The van der Waals surface area contributed by atoms with Crippen LogP contribution in [0.4, 0.5) is 0 Å².